The van der Waals surface area contributed by atoms with Gasteiger partial charge in [0.25, 0.3) is 0 Å². The third-order valence-corrected chi connectivity index (χ3v) is 3.69. The molecule has 2 heterocycles. The van der Waals surface area contributed by atoms with Crippen molar-refractivity contribution in [2.75, 3.05) is 25.5 Å². The Morgan fingerprint density at radius 2 is 2.22 bits per heavy atom. The molecule has 0 radical (unpaired) electrons. The second-order valence-corrected chi connectivity index (χ2v) is 6.22. The van der Waals surface area contributed by atoms with Crippen LogP contribution in [-0.4, -0.2) is 50.1 Å². The van der Waals surface area contributed by atoms with Crippen LogP contribution < -0.4 is 5.73 Å². The normalized spacial score (nSPS) is 13.8. The molecule has 0 saturated heterocycles. The van der Waals surface area contributed by atoms with Crippen LogP contribution in [0.25, 0.3) is 11.2 Å². The summed E-state index contributed by atoms with van der Waals surface area (Å²) in [6.07, 6.45) is 2.31. The molecule has 2 rings (SSSR count). The summed E-state index contributed by atoms with van der Waals surface area (Å²) >= 11 is 0. The fourth-order valence-electron chi connectivity index (χ4n) is 1.63. The molecule has 0 aliphatic rings. The van der Waals surface area contributed by atoms with Gasteiger partial charge in [-0.25, -0.2) is 15.0 Å². The van der Waals surface area contributed by atoms with Gasteiger partial charge in [-0.1, -0.05) is 0 Å². The minimum Gasteiger partial charge on any atom is -0.438 e. The molecule has 0 aliphatic heterocycles. The number of carbonyl (C=O) groups is 1. The van der Waals surface area contributed by atoms with Crippen molar-refractivity contribution < 1.29 is 28.3 Å². The van der Waals surface area contributed by atoms with Crippen LogP contribution in [0.2, 0.25) is 0 Å². The molecule has 0 spiro atoms. The van der Waals surface area contributed by atoms with E-state index in [9.17, 15) is 14.3 Å². The topological polar surface area (TPSA) is 152 Å². The summed E-state index contributed by atoms with van der Waals surface area (Å²) in [4.78, 5) is 31.9. The predicted molar refractivity (Wildman–Crippen MR) is 78.1 cm³/mol. The predicted octanol–water partition coefficient (Wildman–Crippen LogP) is 0.105. The average Bonchev–Trinajstić information content (AvgIpc) is 2.88. The first kappa shape index (κ1) is 17.3. The second kappa shape index (κ2) is 7.47. The SMILES string of the molecule is CC(=O)OCOP(=O)(O)COCCn1cnc2c(N)ncnc21. The number of anilines is 1. The number of fused-ring (bicyclic) bond motifs is 1. The molecule has 3 N–H and O–H groups in total. The van der Waals surface area contributed by atoms with Gasteiger partial charge in [0.1, 0.15) is 18.2 Å². The van der Waals surface area contributed by atoms with Gasteiger partial charge in [-0.3, -0.25) is 13.9 Å². The van der Waals surface area contributed by atoms with Crippen molar-refractivity contribution in [3.8, 4) is 0 Å². The molecule has 1 atom stereocenters. The quantitative estimate of drug-likeness (QED) is 0.292. The Morgan fingerprint density at radius 1 is 1.43 bits per heavy atom. The highest BCUT2D eigenvalue weighted by Crippen LogP contribution is 2.41. The fraction of sp³-hybridized carbons (Fsp3) is 0.455. The van der Waals surface area contributed by atoms with Crippen molar-refractivity contribution in [1.82, 2.24) is 19.5 Å². The minimum atomic E-state index is -3.98. The van der Waals surface area contributed by atoms with Gasteiger partial charge in [0.2, 0.25) is 6.79 Å². The van der Waals surface area contributed by atoms with Crippen molar-refractivity contribution >= 4 is 30.5 Å². The molecule has 0 aromatic carbocycles. The molecular weight excluding hydrogens is 329 g/mol. The van der Waals surface area contributed by atoms with Gasteiger partial charge in [-0.05, 0) is 0 Å². The number of rotatable bonds is 8. The smallest absolute Gasteiger partial charge is 0.356 e. The Hall–Kier alpha value is -2.07. The molecule has 2 aromatic heterocycles. The molecule has 11 nitrogen and oxygen atoms in total. The summed E-state index contributed by atoms with van der Waals surface area (Å²) in [6, 6.07) is 0. The van der Waals surface area contributed by atoms with Crippen molar-refractivity contribution in [3.05, 3.63) is 12.7 Å². The highest BCUT2D eigenvalue weighted by Gasteiger charge is 2.20. The van der Waals surface area contributed by atoms with Gasteiger partial charge in [0, 0.05) is 13.5 Å². The highest BCUT2D eigenvalue weighted by molar-refractivity contribution is 7.52. The van der Waals surface area contributed by atoms with E-state index >= 15 is 0 Å². The lowest BCUT2D eigenvalue weighted by molar-refractivity contribution is -0.147. The van der Waals surface area contributed by atoms with E-state index in [1.807, 2.05) is 0 Å². The Bertz CT molecular complexity index is 735. The van der Waals surface area contributed by atoms with E-state index in [4.69, 9.17) is 10.5 Å². The van der Waals surface area contributed by atoms with E-state index in [1.165, 1.54) is 12.7 Å². The third kappa shape index (κ3) is 4.96. The Labute approximate surface area is 130 Å². The lowest BCUT2D eigenvalue weighted by Gasteiger charge is -2.12. The van der Waals surface area contributed by atoms with E-state index in [1.54, 1.807) is 4.57 Å². The first-order valence-corrected chi connectivity index (χ1v) is 8.24. The summed E-state index contributed by atoms with van der Waals surface area (Å²) in [5.74, 6) is -0.340. The van der Waals surface area contributed by atoms with Crippen LogP contribution in [0.1, 0.15) is 6.92 Å². The Morgan fingerprint density at radius 3 is 2.96 bits per heavy atom. The maximum atomic E-state index is 11.6. The number of nitrogen functional groups attached to an aromatic ring is 1. The second-order valence-electron chi connectivity index (χ2n) is 4.43. The van der Waals surface area contributed by atoms with Gasteiger partial charge in [-0.15, -0.1) is 0 Å². The van der Waals surface area contributed by atoms with E-state index < -0.39 is 26.7 Å². The molecule has 0 fully saturated rings. The van der Waals surface area contributed by atoms with Gasteiger partial charge in [0.15, 0.2) is 11.5 Å². The Balaban J connectivity index is 1.79. The van der Waals surface area contributed by atoms with Crippen molar-refractivity contribution in [2.45, 2.75) is 13.5 Å². The number of esters is 1. The monoisotopic (exact) mass is 345 g/mol. The molecule has 0 saturated carbocycles. The zero-order valence-corrected chi connectivity index (χ0v) is 13.2. The zero-order chi connectivity index (χ0) is 16.9. The summed E-state index contributed by atoms with van der Waals surface area (Å²) in [5.41, 5.74) is 6.69. The largest absolute Gasteiger partial charge is 0.438 e. The molecule has 126 valence electrons. The van der Waals surface area contributed by atoms with Crippen LogP contribution in [0.5, 0.6) is 0 Å². The lowest BCUT2D eigenvalue weighted by atomic mass is 10.5. The maximum Gasteiger partial charge on any atom is 0.356 e. The first-order valence-electron chi connectivity index (χ1n) is 6.48. The summed E-state index contributed by atoms with van der Waals surface area (Å²) < 4.78 is 27.3. The summed E-state index contributed by atoms with van der Waals surface area (Å²) in [7, 11) is -3.98. The number of imidazole rings is 1. The number of carbonyl (C=O) groups excluding carboxylic acids is 1. The van der Waals surface area contributed by atoms with Gasteiger partial charge in [-0.2, -0.15) is 0 Å². The third-order valence-electron chi connectivity index (χ3n) is 2.68. The van der Waals surface area contributed by atoms with Crippen molar-refractivity contribution in [3.63, 3.8) is 0 Å². The number of hydrogen-bond donors (Lipinski definition) is 2. The number of hydrogen-bond acceptors (Lipinski definition) is 9. The molecule has 1 unspecified atom stereocenters. The number of nitrogens with zero attached hydrogens (tertiary/aromatic N) is 4. The van der Waals surface area contributed by atoms with Crippen LogP contribution in [-0.2, 0) is 29.9 Å². The minimum absolute atomic E-state index is 0.122. The van der Waals surface area contributed by atoms with Crippen LogP contribution >= 0.6 is 7.60 Å². The zero-order valence-electron chi connectivity index (χ0n) is 12.3. The number of ether oxygens (including phenoxy) is 2. The number of nitrogens with two attached hydrogens (primary N) is 1. The van der Waals surface area contributed by atoms with Crippen LogP contribution in [0.15, 0.2) is 12.7 Å². The Kier molecular flexibility index (Phi) is 5.61. The van der Waals surface area contributed by atoms with E-state index in [2.05, 4.69) is 24.2 Å². The molecule has 0 bridgehead atoms. The van der Waals surface area contributed by atoms with Crippen LogP contribution in [0.3, 0.4) is 0 Å². The molecule has 0 aliphatic carbocycles. The number of aromatic nitrogens is 4. The van der Waals surface area contributed by atoms with E-state index in [0.717, 1.165) is 6.92 Å². The van der Waals surface area contributed by atoms with Crippen LogP contribution in [0.4, 0.5) is 5.82 Å². The standard InChI is InChI=1S/C11H16N5O6P/c1-8(17)21-6-22-23(18,19)7-20-3-2-16-5-15-9-10(12)13-4-14-11(9)16/h4-5H,2-3,6-7H2,1H3,(H,18,19)(H2,12,13,14). The molecule has 23 heavy (non-hydrogen) atoms. The van der Waals surface area contributed by atoms with Crippen molar-refractivity contribution in [2.24, 2.45) is 0 Å². The molecule has 0 amide bonds. The lowest BCUT2D eigenvalue weighted by Crippen LogP contribution is -2.09. The van der Waals surface area contributed by atoms with Crippen molar-refractivity contribution in [1.29, 1.82) is 0 Å². The van der Waals surface area contributed by atoms with Crippen LogP contribution in [0, 0.1) is 0 Å². The van der Waals surface area contributed by atoms with Gasteiger partial charge >= 0.3 is 13.6 Å². The molecular formula is C11H16N5O6P. The van der Waals surface area contributed by atoms with Gasteiger partial charge in [0.05, 0.1) is 12.9 Å². The highest BCUT2D eigenvalue weighted by atomic mass is 31.2. The molecule has 12 heteroatoms. The average molecular weight is 345 g/mol. The van der Waals surface area contributed by atoms with E-state index in [0.29, 0.717) is 17.7 Å². The van der Waals surface area contributed by atoms with Gasteiger partial charge < -0.3 is 24.7 Å². The maximum absolute atomic E-state index is 11.6. The molecule has 2 aromatic rings. The summed E-state index contributed by atoms with van der Waals surface area (Å²) in [6.45, 7) is 1.02. The van der Waals surface area contributed by atoms with E-state index in [-0.39, 0.29) is 12.4 Å². The fourth-order valence-corrected chi connectivity index (χ4v) is 2.29. The summed E-state index contributed by atoms with van der Waals surface area (Å²) in [5, 5.41) is 0. The first-order chi connectivity index (χ1) is 10.9.